The van der Waals surface area contributed by atoms with Crippen molar-refractivity contribution in [3.63, 3.8) is 0 Å². The fourth-order valence-corrected chi connectivity index (χ4v) is 1.90. The Morgan fingerprint density at radius 2 is 2.10 bits per heavy atom. The van der Waals surface area contributed by atoms with Crippen LogP contribution in [0.4, 0.5) is 14.5 Å². The number of hydrogen-bond donors (Lipinski definition) is 2. The average Bonchev–Trinajstić information content (AvgIpc) is 2.39. The summed E-state index contributed by atoms with van der Waals surface area (Å²) < 4.78 is 26.7. The molecule has 112 valence electrons. The molecule has 2 N–H and O–H groups in total. The van der Waals surface area contributed by atoms with Gasteiger partial charge in [-0.1, -0.05) is 13.3 Å². The topological polar surface area (TPSA) is 75.4 Å². The highest BCUT2D eigenvalue weighted by atomic mass is 19.1. The summed E-state index contributed by atoms with van der Waals surface area (Å²) in [5.74, 6) is -1.74. The highest BCUT2D eigenvalue weighted by molar-refractivity contribution is 5.37. The minimum atomic E-state index is -1.18. The van der Waals surface area contributed by atoms with Crippen molar-refractivity contribution in [2.75, 3.05) is 13.2 Å². The van der Waals surface area contributed by atoms with Crippen molar-refractivity contribution < 1.29 is 18.8 Å². The molecular formula is C13H18F2N2O3. The van der Waals surface area contributed by atoms with Crippen molar-refractivity contribution in [1.29, 1.82) is 0 Å². The van der Waals surface area contributed by atoms with Crippen LogP contribution in [0.25, 0.3) is 0 Å². The maximum absolute atomic E-state index is 13.5. The molecule has 0 saturated carbocycles. The van der Waals surface area contributed by atoms with Gasteiger partial charge in [0.05, 0.1) is 4.92 Å². The standard InChI is InChI=1S/C13H18F2N2O3/c1-2-9(3-4-18)7-16-8-10-5-13(17(19)20)12(15)6-11(10)14/h5-6,9,16,18H,2-4,7-8H2,1H3. The van der Waals surface area contributed by atoms with Gasteiger partial charge in [-0.05, 0) is 18.9 Å². The summed E-state index contributed by atoms with van der Waals surface area (Å²) >= 11 is 0. The van der Waals surface area contributed by atoms with Gasteiger partial charge >= 0.3 is 5.69 Å². The van der Waals surface area contributed by atoms with Gasteiger partial charge in [0.25, 0.3) is 0 Å². The van der Waals surface area contributed by atoms with Crippen molar-refractivity contribution in [3.05, 3.63) is 39.4 Å². The normalized spacial score (nSPS) is 12.4. The first-order valence-electron chi connectivity index (χ1n) is 6.43. The Morgan fingerprint density at radius 3 is 2.65 bits per heavy atom. The van der Waals surface area contributed by atoms with Crippen LogP contribution in [0.5, 0.6) is 0 Å². The third kappa shape index (κ3) is 4.50. The Morgan fingerprint density at radius 1 is 1.40 bits per heavy atom. The first kappa shape index (κ1) is 16.5. The number of nitrogens with zero attached hydrogens (tertiary/aromatic N) is 1. The molecule has 0 fully saturated rings. The lowest BCUT2D eigenvalue weighted by Gasteiger charge is -2.14. The van der Waals surface area contributed by atoms with Crippen molar-refractivity contribution in [3.8, 4) is 0 Å². The third-order valence-corrected chi connectivity index (χ3v) is 3.18. The van der Waals surface area contributed by atoms with Crippen molar-refractivity contribution >= 4 is 5.69 Å². The zero-order valence-electron chi connectivity index (χ0n) is 11.2. The minimum Gasteiger partial charge on any atom is -0.396 e. The second-order valence-electron chi connectivity index (χ2n) is 4.57. The largest absolute Gasteiger partial charge is 0.396 e. The number of nitro groups is 1. The highest BCUT2D eigenvalue weighted by Gasteiger charge is 2.18. The summed E-state index contributed by atoms with van der Waals surface area (Å²) in [6, 6.07) is 1.44. The highest BCUT2D eigenvalue weighted by Crippen LogP contribution is 2.21. The summed E-state index contributed by atoms with van der Waals surface area (Å²) in [6.07, 6.45) is 1.50. The number of rotatable bonds is 8. The lowest BCUT2D eigenvalue weighted by molar-refractivity contribution is -0.387. The molecule has 1 aromatic rings. The minimum absolute atomic E-state index is 0.0527. The van der Waals surface area contributed by atoms with E-state index < -0.39 is 22.2 Å². The first-order valence-corrected chi connectivity index (χ1v) is 6.43. The van der Waals surface area contributed by atoms with E-state index in [1.165, 1.54) is 0 Å². The molecule has 0 amide bonds. The molecule has 1 atom stereocenters. The van der Waals surface area contributed by atoms with E-state index in [4.69, 9.17) is 5.11 Å². The zero-order chi connectivity index (χ0) is 15.1. The molecule has 5 nitrogen and oxygen atoms in total. The van der Waals surface area contributed by atoms with Crippen LogP contribution < -0.4 is 5.32 Å². The molecule has 0 bridgehead atoms. The van der Waals surface area contributed by atoms with Crippen molar-refractivity contribution in [2.24, 2.45) is 5.92 Å². The van der Waals surface area contributed by atoms with Gasteiger partial charge in [-0.15, -0.1) is 0 Å². The van der Waals surface area contributed by atoms with E-state index in [1.807, 2.05) is 6.92 Å². The van der Waals surface area contributed by atoms with Gasteiger partial charge in [-0.3, -0.25) is 10.1 Å². The number of aliphatic hydroxyl groups is 1. The van der Waals surface area contributed by atoms with Gasteiger partial charge < -0.3 is 10.4 Å². The molecule has 0 aliphatic carbocycles. The van der Waals surface area contributed by atoms with Gasteiger partial charge in [0.2, 0.25) is 5.82 Å². The molecule has 0 saturated heterocycles. The molecule has 7 heteroatoms. The van der Waals surface area contributed by atoms with E-state index in [-0.39, 0.29) is 24.6 Å². The second kappa shape index (κ2) is 7.86. The molecule has 1 rings (SSSR count). The molecule has 0 spiro atoms. The maximum Gasteiger partial charge on any atom is 0.305 e. The fraction of sp³-hybridized carbons (Fsp3) is 0.538. The van der Waals surface area contributed by atoms with Gasteiger partial charge in [0.15, 0.2) is 0 Å². The summed E-state index contributed by atoms with van der Waals surface area (Å²) in [7, 11) is 0. The van der Waals surface area contributed by atoms with E-state index in [0.717, 1.165) is 12.5 Å². The number of nitro benzene ring substituents is 1. The van der Waals surface area contributed by atoms with Crippen LogP contribution in [0.2, 0.25) is 0 Å². The number of halogens is 2. The summed E-state index contributed by atoms with van der Waals surface area (Å²) in [5.41, 5.74) is -0.678. The SMILES string of the molecule is CCC(CCO)CNCc1cc([N+](=O)[O-])c(F)cc1F. The Bertz CT molecular complexity index is 469. The molecule has 1 aromatic carbocycles. The number of benzene rings is 1. The predicted octanol–water partition coefficient (Wildman–Crippen LogP) is 2.37. The van der Waals surface area contributed by atoms with Crippen LogP contribution in [-0.2, 0) is 6.54 Å². The first-order chi connectivity index (χ1) is 9.49. The van der Waals surface area contributed by atoms with Gasteiger partial charge in [0.1, 0.15) is 5.82 Å². The van der Waals surface area contributed by atoms with Gasteiger partial charge in [-0.2, -0.15) is 4.39 Å². The Balaban J connectivity index is 2.68. The van der Waals surface area contributed by atoms with Crippen LogP contribution in [0.3, 0.4) is 0 Å². The second-order valence-corrected chi connectivity index (χ2v) is 4.57. The Labute approximate surface area is 115 Å². The quantitative estimate of drug-likeness (QED) is 0.569. The zero-order valence-corrected chi connectivity index (χ0v) is 11.2. The van der Waals surface area contributed by atoms with Crippen molar-refractivity contribution in [1.82, 2.24) is 5.32 Å². The predicted molar refractivity (Wildman–Crippen MR) is 70.2 cm³/mol. The number of nitrogens with one attached hydrogen (secondary N) is 1. The van der Waals surface area contributed by atoms with Crippen molar-refractivity contribution in [2.45, 2.75) is 26.3 Å². The lowest BCUT2D eigenvalue weighted by Crippen LogP contribution is -2.23. The number of aliphatic hydroxyl groups excluding tert-OH is 1. The smallest absolute Gasteiger partial charge is 0.305 e. The summed E-state index contributed by atoms with van der Waals surface area (Å²) in [4.78, 5) is 9.72. The Hall–Kier alpha value is -1.60. The van der Waals surface area contributed by atoms with Crippen LogP contribution in [0.1, 0.15) is 25.3 Å². The molecule has 0 aliphatic rings. The molecule has 0 aliphatic heterocycles. The lowest BCUT2D eigenvalue weighted by atomic mass is 10.0. The Kier molecular flexibility index (Phi) is 6.47. The fourth-order valence-electron chi connectivity index (χ4n) is 1.90. The molecular weight excluding hydrogens is 270 g/mol. The summed E-state index contributed by atoms with van der Waals surface area (Å²) in [6.45, 7) is 2.69. The monoisotopic (exact) mass is 288 g/mol. The molecule has 0 aromatic heterocycles. The molecule has 1 unspecified atom stereocenters. The molecule has 0 heterocycles. The van der Waals surface area contributed by atoms with Gasteiger partial charge in [-0.25, -0.2) is 4.39 Å². The van der Waals surface area contributed by atoms with E-state index in [9.17, 15) is 18.9 Å². The van der Waals surface area contributed by atoms with Crippen LogP contribution in [0.15, 0.2) is 12.1 Å². The van der Waals surface area contributed by atoms with Crippen LogP contribution in [-0.4, -0.2) is 23.2 Å². The third-order valence-electron chi connectivity index (χ3n) is 3.18. The number of hydrogen-bond acceptors (Lipinski definition) is 4. The van der Waals surface area contributed by atoms with E-state index in [0.29, 0.717) is 19.0 Å². The summed E-state index contributed by atoms with van der Waals surface area (Å²) in [5, 5.41) is 22.4. The maximum atomic E-state index is 13.5. The van der Waals surface area contributed by atoms with E-state index >= 15 is 0 Å². The van der Waals surface area contributed by atoms with Crippen LogP contribution >= 0.6 is 0 Å². The molecule has 0 radical (unpaired) electrons. The van der Waals surface area contributed by atoms with E-state index in [2.05, 4.69) is 5.32 Å². The van der Waals surface area contributed by atoms with E-state index in [1.54, 1.807) is 0 Å². The van der Waals surface area contributed by atoms with Gasteiger partial charge in [0, 0.05) is 30.8 Å². The van der Waals surface area contributed by atoms with Crippen LogP contribution in [0, 0.1) is 27.7 Å². The molecule has 20 heavy (non-hydrogen) atoms. The average molecular weight is 288 g/mol.